The number of nitrogens with zero attached hydrogens (tertiary/aromatic N) is 1. The molecule has 0 amide bonds. The van der Waals surface area contributed by atoms with Gasteiger partial charge in [-0.2, -0.15) is 0 Å². The van der Waals surface area contributed by atoms with E-state index in [1.165, 1.54) is 19.9 Å². The summed E-state index contributed by atoms with van der Waals surface area (Å²) in [5.74, 6) is -0.0227. The van der Waals surface area contributed by atoms with E-state index in [0.717, 1.165) is 0 Å². The molecule has 0 atom stereocenters. The van der Waals surface area contributed by atoms with Crippen LogP contribution in [0.5, 0.6) is 5.75 Å². The van der Waals surface area contributed by atoms with Gasteiger partial charge in [0.15, 0.2) is 11.4 Å². The van der Waals surface area contributed by atoms with Crippen molar-refractivity contribution in [1.29, 1.82) is 0 Å². The molecule has 0 aliphatic heterocycles. The van der Waals surface area contributed by atoms with Gasteiger partial charge >= 0.3 is 0 Å². The Morgan fingerprint density at radius 3 is 2.79 bits per heavy atom. The summed E-state index contributed by atoms with van der Waals surface area (Å²) < 4.78 is 18.5. The molecule has 14 heavy (non-hydrogen) atoms. The second-order valence-electron chi connectivity index (χ2n) is 3.66. The molecular formula is C10H10FNO2. The monoisotopic (exact) mass is 195 g/mol. The Kier molecular flexibility index (Phi) is 1.74. The largest absolute Gasteiger partial charge is 0.504 e. The van der Waals surface area contributed by atoms with Crippen molar-refractivity contribution in [2.75, 3.05) is 0 Å². The zero-order valence-electron chi connectivity index (χ0n) is 7.91. The minimum Gasteiger partial charge on any atom is -0.504 e. The van der Waals surface area contributed by atoms with Crippen molar-refractivity contribution in [1.82, 2.24) is 5.16 Å². The SMILES string of the molecule is CC(C)(F)c1noc2c(O)cccc12. The van der Waals surface area contributed by atoms with Crippen molar-refractivity contribution < 1.29 is 14.0 Å². The highest BCUT2D eigenvalue weighted by molar-refractivity contribution is 5.85. The van der Waals surface area contributed by atoms with Gasteiger partial charge in [0.1, 0.15) is 5.69 Å². The Balaban J connectivity index is 2.76. The molecule has 0 spiro atoms. The van der Waals surface area contributed by atoms with E-state index in [1.54, 1.807) is 12.1 Å². The summed E-state index contributed by atoms with van der Waals surface area (Å²) in [6.07, 6.45) is 0. The fourth-order valence-corrected chi connectivity index (χ4v) is 1.38. The van der Waals surface area contributed by atoms with Crippen LogP contribution >= 0.6 is 0 Å². The molecule has 0 saturated heterocycles. The number of benzene rings is 1. The number of fused-ring (bicyclic) bond motifs is 1. The first-order chi connectivity index (χ1) is 6.50. The molecule has 74 valence electrons. The number of phenols is 1. The van der Waals surface area contributed by atoms with Crippen molar-refractivity contribution in [3.8, 4) is 5.75 Å². The summed E-state index contributed by atoms with van der Waals surface area (Å²) in [4.78, 5) is 0. The molecule has 1 aromatic carbocycles. The zero-order chi connectivity index (χ0) is 10.3. The molecule has 1 heterocycles. The van der Waals surface area contributed by atoms with E-state index >= 15 is 0 Å². The molecule has 0 radical (unpaired) electrons. The van der Waals surface area contributed by atoms with Crippen LogP contribution in [-0.4, -0.2) is 10.3 Å². The zero-order valence-corrected chi connectivity index (χ0v) is 7.91. The van der Waals surface area contributed by atoms with Gasteiger partial charge in [0.2, 0.25) is 5.58 Å². The molecule has 2 rings (SSSR count). The Labute approximate surface area is 80.1 Å². The van der Waals surface area contributed by atoms with E-state index in [4.69, 9.17) is 4.52 Å². The molecule has 0 unspecified atom stereocenters. The maximum atomic E-state index is 13.6. The average Bonchev–Trinajstić information content (AvgIpc) is 2.47. The molecule has 0 bridgehead atoms. The molecule has 0 aliphatic carbocycles. The maximum Gasteiger partial charge on any atom is 0.208 e. The second-order valence-corrected chi connectivity index (χ2v) is 3.66. The lowest BCUT2D eigenvalue weighted by atomic mass is 10.0. The van der Waals surface area contributed by atoms with Gasteiger partial charge in [-0.3, -0.25) is 0 Å². The van der Waals surface area contributed by atoms with E-state index < -0.39 is 5.67 Å². The fourth-order valence-electron chi connectivity index (χ4n) is 1.38. The van der Waals surface area contributed by atoms with Crippen molar-refractivity contribution in [2.45, 2.75) is 19.5 Å². The first-order valence-electron chi connectivity index (χ1n) is 4.27. The summed E-state index contributed by atoms with van der Waals surface area (Å²) in [7, 11) is 0. The predicted octanol–water partition coefficient (Wildman–Crippen LogP) is 2.74. The normalized spacial score (nSPS) is 12.2. The van der Waals surface area contributed by atoms with Gasteiger partial charge in [-0.25, -0.2) is 4.39 Å². The molecule has 2 aromatic rings. The summed E-state index contributed by atoms with van der Waals surface area (Å²) in [5.41, 5.74) is -1.13. The predicted molar refractivity (Wildman–Crippen MR) is 49.8 cm³/mol. The molecule has 0 fully saturated rings. The van der Waals surface area contributed by atoms with Gasteiger partial charge in [-0.15, -0.1) is 0 Å². The van der Waals surface area contributed by atoms with E-state index in [2.05, 4.69) is 5.16 Å². The molecule has 1 aromatic heterocycles. The lowest BCUT2D eigenvalue weighted by molar-refractivity contribution is 0.207. The van der Waals surface area contributed by atoms with Crippen LogP contribution in [0.4, 0.5) is 4.39 Å². The van der Waals surface area contributed by atoms with Gasteiger partial charge in [0.25, 0.3) is 0 Å². The van der Waals surface area contributed by atoms with Crippen LogP contribution in [0.2, 0.25) is 0 Å². The van der Waals surface area contributed by atoms with Crippen LogP contribution in [0.25, 0.3) is 11.0 Å². The molecule has 0 saturated carbocycles. The van der Waals surface area contributed by atoms with E-state index in [-0.39, 0.29) is 17.0 Å². The Morgan fingerprint density at radius 2 is 2.14 bits per heavy atom. The minimum absolute atomic E-state index is 0.0227. The fraction of sp³-hybridized carbons (Fsp3) is 0.300. The summed E-state index contributed by atoms with van der Waals surface area (Å²) >= 11 is 0. The number of rotatable bonds is 1. The van der Waals surface area contributed by atoms with Crippen molar-refractivity contribution in [3.63, 3.8) is 0 Å². The van der Waals surface area contributed by atoms with Gasteiger partial charge in [0, 0.05) is 0 Å². The Morgan fingerprint density at radius 1 is 1.43 bits per heavy atom. The highest BCUT2D eigenvalue weighted by Crippen LogP contribution is 2.33. The number of halogens is 1. The first-order valence-corrected chi connectivity index (χ1v) is 4.27. The number of hydrogen-bond acceptors (Lipinski definition) is 3. The lowest BCUT2D eigenvalue weighted by Crippen LogP contribution is -2.09. The first kappa shape index (κ1) is 8.99. The van der Waals surface area contributed by atoms with Gasteiger partial charge in [-0.05, 0) is 26.0 Å². The van der Waals surface area contributed by atoms with Crippen LogP contribution in [0, 0.1) is 0 Å². The summed E-state index contributed by atoms with van der Waals surface area (Å²) in [6, 6.07) is 4.77. The third kappa shape index (κ3) is 1.23. The molecule has 1 N–H and O–H groups in total. The molecule has 3 nitrogen and oxygen atoms in total. The van der Waals surface area contributed by atoms with Gasteiger partial charge < -0.3 is 9.63 Å². The number of aromatic nitrogens is 1. The van der Waals surface area contributed by atoms with Crippen molar-refractivity contribution in [2.24, 2.45) is 0 Å². The summed E-state index contributed by atoms with van der Waals surface area (Å²) in [6.45, 7) is 2.79. The standard InChI is InChI=1S/C10H10FNO2/c1-10(2,11)9-6-4-3-5-7(13)8(6)14-12-9/h3-5,13H,1-2H3. The number of phenolic OH excluding ortho intramolecular Hbond substituents is 1. The molecular weight excluding hydrogens is 185 g/mol. The lowest BCUT2D eigenvalue weighted by Gasteiger charge is -2.09. The maximum absolute atomic E-state index is 13.6. The van der Waals surface area contributed by atoms with Crippen LogP contribution in [0.3, 0.4) is 0 Å². The number of aromatic hydroxyl groups is 1. The smallest absolute Gasteiger partial charge is 0.208 e. The quantitative estimate of drug-likeness (QED) is 0.760. The molecule has 0 aliphatic rings. The third-order valence-electron chi connectivity index (χ3n) is 2.04. The van der Waals surface area contributed by atoms with Crippen molar-refractivity contribution in [3.05, 3.63) is 23.9 Å². The number of alkyl halides is 1. The Hall–Kier alpha value is -1.58. The van der Waals surface area contributed by atoms with Gasteiger partial charge in [0.05, 0.1) is 5.39 Å². The van der Waals surface area contributed by atoms with Crippen LogP contribution in [-0.2, 0) is 5.67 Å². The third-order valence-corrected chi connectivity index (χ3v) is 2.04. The highest BCUT2D eigenvalue weighted by Gasteiger charge is 2.26. The van der Waals surface area contributed by atoms with Crippen LogP contribution in [0.15, 0.2) is 22.7 Å². The number of para-hydroxylation sites is 1. The van der Waals surface area contributed by atoms with E-state index in [0.29, 0.717) is 5.39 Å². The van der Waals surface area contributed by atoms with Crippen LogP contribution < -0.4 is 0 Å². The van der Waals surface area contributed by atoms with Gasteiger partial charge in [-0.1, -0.05) is 11.2 Å². The van der Waals surface area contributed by atoms with Crippen molar-refractivity contribution >= 4 is 11.0 Å². The summed E-state index contributed by atoms with van der Waals surface area (Å²) in [5, 5.41) is 13.5. The highest BCUT2D eigenvalue weighted by atomic mass is 19.1. The number of hydrogen-bond donors (Lipinski definition) is 1. The average molecular weight is 195 g/mol. The Bertz CT molecular complexity index is 470. The van der Waals surface area contributed by atoms with E-state index in [9.17, 15) is 9.50 Å². The minimum atomic E-state index is -1.57. The van der Waals surface area contributed by atoms with E-state index in [1.807, 2.05) is 0 Å². The molecule has 4 heteroatoms. The topological polar surface area (TPSA) is 46.3 Å². The second kappa shape index (κ2) is 2.70. The van der Waals surface area contributed by atoms with Crippen LogP contribution in [0.1, 0.15) is 19.5 Å².